The highest BCUT2D eigenvalue weighted by Gasteiger charge is 2.09. The molecule has 1 atom stereocenters. The topological polar surface area (TPSA) is 57.5 Å². The van der Waals surface area contributed by atoms with Gasteiger partial charge in [0.15, 0.2) is 0 Å². The van der Waals surface area contributed by atoms with E-state index in [-0.39, 0.29) is 6.42 Å². The molecule has 0 aliphatic heterocycles. The van der Waals surface area contributed by atoms with E-state index >= 15 is 0 Å². The fraction of sp³-hybridized carbons (Fsp3) is 0.500. The number of aryl methyl sites for hydroxylation is 1. The van der Waals surface area contributed by atoms with Gasteiger partial charge in [-0.25, -0.2) is 0 Å². The molecule has 0 saturated carbocycles. The molecule has 0 aliphatic carbocycles. The molecule has 0 radical (unpaired) electrons. The number of carboxylic acid groups (broad SMARTS) is 1. The van der Waals surface area contributed by atoms with Crippen LogP contribution < -0.4 is 0 Å². The molecule has 3 nitrogen and oxygen atoms in total. The van der Waals surface area contributed by atoms with E-state index in [9.17, 15) is 9.90 Å². The van der Waals surface area contributed by atoms with E-state index in [1.54, 1.807) is 11.3 Å². The van der Waals surface area contributed by atoms with Gasteiger partial charge in [0.1, 0.15) is 0 Å². The smallest absolute Gasteiger partial charge is 0.303 e. The van der Waals surface area contributed by atoms with Crippen molar-refractivity contribution in [2.75, 3.05) is 0 Å². The number of aliphatic carboxylic acids is 1. The number of rotatable bonds is 5. The van der Waals surface area contributed by atoms with Crippen LogP contribution in [0.15, 0.2) is 12.1 Å². The molecule has 0 aromatic carbocycles. The van der Waals surface area contributed by atoms with Crippen molar-refractivity contribution in [2.45, 2.75) is 32.3 Å². The summed E-state index contributed by atoms with van der Waals surface area (Å²) in [5.41, 5.74) is 0. The second-order valence-electron chi connectivity index (χ2n) is 3.25. The molecule has 1 rings (SSSR count). The minimum Gasteiger partial charge on any atom is -0.481 e. The van der Waals surface area contributed by atoms with Crippen LogP contribution in [-0.4, -0.2) is 16.2 Å². The minimum absolute atomic E-state index is 0.126. The second kappa shape index (κ2) is 5.12. The van der Waals surface area contributed by atoms with Gasteiger partial charge in [-0.05, 0) is 31.9 Å². The van der Waals surface area contributed by atoms with Crippen LogP contribution >= 0.6 is 11.3 Å². The zero-order valence-electron chi connectivity index (χ0n) is 8.06. The van der Waals surface area contributed by atoms with Gasteiger partial charge in [0.05, 0.1) is 6.10 Å². The van der Waals surface area contributed by atoms with E-state index in [0.29, 0.717) is 12.8 Å². The van der Waals surface area contributed by atoms with Crippen molar-refractivity contribution >= 4 is 17.3 Å². The van der Waals surface area contributed by atoms with Gasteiger partial charge in [0.25, 0.3) is 0 Å². The standard InChI is InChI=1S/C10H14O3S/c1-7-5-6-9(14-7)8(11)3-2-4-10(12)13/h5-6,8,11H,2-4H2,1H3,(H,12,13). The number of hydrogen-bond donors (Lipinski definition) is 2. The molecule has 0 saturated heterocycles. The average Bonchev–Trinajstić information content (AvgIpc) is 2.51. The Morgan fingerprint density at radius 2 is 2.29 bits per heavy atom. The molecule has 1 unspecified atom stereocenters. The third kappa shape index (κ3) is 3.47. The van der Waals surface area contributed by atoms with E-state index < -0.39 is 12.1 Å². The van der Waals surface area contributed by atoms with Crippen molar-refractivity contribution in [3.63, 3.8) is 0 Å². The fourth-order valence-electron chi connectivity index (χ4n) is 1.22. The number of thiophene rings is 1. The van der Waals surface area contributed by atoms with Crippen LogP contribution in [0.1, 0.15) is 35.1 Å². The normalized spacial score (nSPS) is 12.7. The minimum atomic E-state index is -0.806. The highest BCUT2D eigenvalue weighted by atomic mass is 32.1. The molecule has 4 heteroatoms. The van der Waals surface area contributed by atoms with Crippen LogP contribution in [0.3, 0.4) is 0 Å². The van der Waals surface area contributed by atoms with Crippen molar-refractivity contribution in [3.05, 3.63) is 21.9 Å². The van der Waals surface area contributed by atoms with E-state index in [0.717, 1.165) is 9.75 Å². The van der Waals surface area contributed by atoms with Crippen LogP contribution in [-0.2, 0) is 4.79 Å². The molecule has 1 heterocycles. The third-order valence-corrected chi connectivity index (χ3v) is 3.06. The molecule has 0 amide bonds. The first-order valence-corrected chi connectivity index (χ1v) is 5.37. The lowest BCUT2D eigenvalue weighted by Crippen LogP contribution is -1.98. The van der Waals surface area contributed by atoms with Crippen molar-refractivity contribution in [3.8, 4) is 0 Å². The van der Waals surface area contributed by atoms with Gasteiger partial charge in [-0.1, -0.05) is 0 Å². The lowest BCUT2D eigenvalue weighted by atomic mass is 10.1. The number of carboxylic acids is 1. The first-order chi connectivity index (χ1) is 6.59. The van der Waals surface area contributed by atoms with Crippen LogP contribution in [0.2, 0.25) is 0 Å². The monoisotopic (exact) mass is 214 g/mol. The largest absolute Gasteiger partial charge is 0.481 e. The van der Waals surface area contributed by atoms with Gasteiger partial charge >= 0.3 is 5.97 Å². The Labute approximate surface area is 87.0 Å². The number of carbonyl (C=O) groups is 1. The summed E-state index contributed by atoms with van der Waals surface area (Å²) in [6, 6.07) is 3.85. The van der Waals surface area contributed by atoms with E-state index in [4.69, 9.17) is 5.11 Å². The van der Waals surface area contributed by atoms with Crippen molar-refractivity contribution in [2.24, 2.45) is 0 Å². The Kier molecular flexibility index (Phi) is 4.10. The lowest BCUT2D eigenvalue weighted by Gasteiger charge is -2.06. The fourth-order valence-corrected chi connectivity index (χ4v) is 2.12. The van der Waals surface area contributed by atoms with E-state index in [1.165, 1.54) is 0 Å². The molecule has 1 aromatic rings. The van der Waals surface area contributed by atoms with E-state index in [1.807, 2.05) is 19.1 Å². The zero-order chi connectivity index (χ0) is 10.6. The van der Waals surface area contributed by atoms with Gasteiger partial charge in [-0.15, -0.1) is 11.3 Å². The van der Waals surface area contributed by atoms with Gasteiger partial charge in [0, 0.05) is 16.2 Å². The summed E-state index contributed by atoms with van der Waals surface area (Å²) in [5, 5.41) is 18.1. The summed E-state index contributed by atoms with van der Waals surface area (Å²) in [6.07, 6.45) is 0.661. The first kappa shape index (κ1) is 11.2. The number of hydrogen-bond acceptors (Lipinski definition) is 3. The van der Waals surface area contributed by atoms with Crippen molar-refractivity contribution in [1.29, 1.82) is 0 Å². The molecule has 0 spiro atoms. The molecule has 0 aliphatic rings. The van der Waals surface area contributed by atoms with Crippen LogP contribution in [0.4, 0.5) is 0 Å². The highest BCUT2D eigenvalue weighted by Crippen LogP contribution is 2.26. The van der Waals surface area contributed by atoms with Gasteiger partial charge in [0.2, 0.25) is 0 Å². The molecule has 14 heavy (non-hydrogen) atoms. The van der Waals surface area contributed by atoms with Crippen LogP contribution in [0.25, 0.3) is 0 Å². The summed E-state index contributed by atoms with van der Waals surface area (Å²) < 4.78 is 0. The molecule has 1 aromatic heterocycles. The second-order valence-corrected chi connectivity index (χ2v) is 4.57. The summed E-state index contributed by atoms with van der Waals surface area (Å²) in [4.78, 5) is 12.3. The summed E-state index contributed by atoms with van der Waals surface area (Å²) in [7, 11) is 0. The van der Waals surface area contributed by atoms with Crippen molar-refractivity contribution < 1.29 is 15.0 Å². The number of aliphatic hydroxyl groups is 1. The SMILES string of the molecule is Cc1ccc(C(O)CCCC(=O)O)s1. The lowest BCUT2D eigenvalue weighted by molar-refractivity contribution is -0.137. The summed E-state index contributed by atoms with van der Waals surface area (Å²) in [6.45, 7) is 1.98. The average molecular weight is 214 g/mol. The number of aliphatic hydroxyl groups excluding tert-OH is 1. The molecule has 0 fully saturated rings. The maximum atomic E-state index is 10.2. The molecule has 2 N–H and O–H groups in total. The van der Waals surface area contributed by atoms with Crippen LogP contribution in [0.5, 0.6) is 0 Å². The molecular formula is C10H14O3S. The van der Waals surface area contributed by atoms with Gasteiger partial charge in [-0.3, -0.25) is 4.79 Å². The predicted molar refractivity (Wildman–Crippen MR) is 55.5 cm³/mol. The molecule has 78 valence electrons. The first-order valence-electron chi connectivity index (χ1n) is 4.56. The van der Waals surface area contributed by atoms with Crippen molar-refractivity contribution in [1.82, 2.24) is 0 Å². The van der Waals surface area contributed by atoms with Gasteiger partial charge < -0.3 is 10.2 Å². The summed E-state index contributed by atoms with van der Waals surface area (Å²) in [5.74, 6) is -0.806. The predicted octanol–water partition coefficient (Wildman–Crippen LogP) is 2.34. The Hall–Kier alpha value is -0.870. The Balaban J connectivity index is 2.35. The maximum Gasteiger partial charge on any atom is 0.303 e. The maximum absolute atomic E-state index is 10.2. The Morgan fingerprint density at radius 1 is 1.57 bits per heavy atom. The highest BCUT2D eigenvalue weighted by molar-refractivity contribution is 7.11. The Bertz CT molecular complexity index is 306. The Morgan fingerprint density at radius 3 is 2.79 bits per heavy atom. The quantitative estimate of drug-likeness (QED) is 0.791. The van der Waals surface area contributed by atoms with E-state index in [2.05, 4.69) is 0 Å². The summed E-state index contributed by atoms with van der Waals surface area (Å²) >= 11 is 1.56. The molecule has 0 bridgehead atoms. The van der Waals surface area contributed by atoms with Gasteiger partial charge in [-0.2, -0.15) is 0 Å². The third-order valence-electron chi connectivity index (χ3n) is 1.96. The molecular weight excluding hydrogens is 200 g/mol. The zero-order valence-corrected chi connectivity index (χ0v) is 8.88. The van der Waals surface area contributed by atoms with Crippen LogP contribution in [0, 0.1) is 6.92 Å².